The summed E-state index contributed by atoms with van der Waals surface area (Å²) < 4.78 is 10.8. The van der Waals surface area contributed by atoms with Crippen molar-refractivity contribution < 1.29 is 19.1 Å². The van der Waals surface area contributed by atoms with Crippen LogP contribution in [0.2, 0.25) is 0 Å². The van der Waals surface area contributed by atoms with Gasteiger partial charge in [-0.15, -0.1) is 0 Å². The molecule has 1 saturated heterocycles. The number of amides is 1. The largest absolute Gasteiger partial charge is 0.493 e. The fraction of sp³-hybridized carbons (Fsp3) is 0.333. The molecule has 1 aliphatic rings. The number of Topliss-reactive ketones (excluding diaryl/α,β-unsaturated/α-hetero) is 1. The summed E-state index contributed by atoms with van der Waals surface area (Å²) in [6.07, 6.45) is 0. The van der Waals surface area contributed by atoms with Gasteiger partial charge in [0.05, 0.1) is 13.7 Å². The third-order valence-electron chi connectivity index (χ3n) is 4.61. The molecule has 6 heteroatoms. The highest BCUT2D eigenvalue weighted by molar-refractivity contribution is 5.97. The maximum atomic E-state index is 12.4. The monoisotopic (exact) mass is 368 g/mol. The van der Waals surface area contributed by atoms with Gasteiger partial charge < -0.3 is 14.4 Å². The topological polar surface area (TPSA) is 59.1 Å². The first kappa shape index (κ1) is 18.9. The Bertz CT molecular complexity index is 771. The lowest BCUT2D eigenvalue weighted by atomic mass is 10.1. The Balaban J connectivity index is 1.44. The third kappa shape index (κ3) is 5.08. The van der Waals surface area contributed by atoms with E-state index in [9.17, 15) is 9.59 Å². The molecule has 0 aliphatic carbocycles. The number of ketones is 1. The molecule has 3 rings (SSSR count). The van der Waals surface area contributed by atoms with Crippen LogP contribution in [-0.4, -0.2) is 67.9 Å². The van der Waals surface area contributed by atoms with Crippen LogP contribution in [0, 0.1) is 0 Å². The summed E-state index contributed by atoms with van der Waals surface area (Å²) in [5.74, 6) is 1.21. The molecular formula is C21H24N2O4. The van der Waals surface area contributed by atoms with E-state index in [0.717, 1.165) is 5.56 Å². The zero-order valence-electron chi connectivity index (χ0n) is 15.5. The average Bonchev–Trinajstić information content (AvgIpc) is 2.73. The van der Waals surface area contributed by atoms with E-state index in [2.05, 4.69) is 4.90 Å². The zero-order chi connectivity index (χ0) is 19.1. The van der Waals surface area contributed by atoms with Crippen LogP contribution in [0.3, 0.4) is 0 Å². The van der Waals surface area contributed by atoms with Gasteiger partial charge in [0.1, 0.15) is 0 Å². The third-order valence-corrected chi connectivity index (χ3v) is 4.61. The predicted octanol–water partition coefficient (Wildman–Crippen LogP) is 2.10. The SMILES string of the molecule is COc1ccccc1OCC(=O)N1CCN(CC(=O)c2ccccc2)CC1. The van der Waals surface area contributed by atoms with Crippen LogP contribution < -0.4 is 9.47 Å². The smallest absolute Gasteiger partial charge is 0.260 e. The first-order chi connectivity index (χ1) is 13.2. The number of piperazine rings is 1. The van der Waals surface area contributed by atoms with Gasteiger partial charge in [-0.3, -0.25) is 14.5 Å². The van der Waals surface area contributed by atoms with Gasteiger partial charge in [0.2, 0.25) is 0 Å². The molecule has 1 amide bonds. The van der Waals surface area contributed by atoms with E-state index in [1.165, 1.54) is 0 Å². The Morgan fingerprint density at radius 2 is 1.52 bits per heavy atom. The molecular weight excluding hydrogens is 344 g/mol. The van der Waals surface area contributed by atoms with Gasteiger partial charge in [-0.25, -0.2) is 0 Å². The lowest BCUT2D eigenvalue weighted by Crippen LogP contribution is -2.51. The van der Waals surface area contributed by atoms with Crippen LogP contribution in [0.4, 0.5) is 0 Å². The van der Waals surface area contributed by atoms with Crippen LogP contribution in [0.25, 0.3) is 0 Å². The minimum absolute atomic E-state index is 0.0245. The van der Waals surface area contributed by atoms with Crippen molar-refractivity contribution >= 4 is 11.7 Å². The lowest BCUT2D eigenvalue weighted by molar-refractivity contribution is -0.135. The standard InChI is InChI=1S/C21H24N2O4/c1-26-19-9-5-6-10-20(19)27-16-21(25)23-13-11-22(12-14-23)15-18(24)17-7-3-2-4-8-17/h2-10H,11-16H2,1H3. The molecule has 1 aliphatic heterocycles. The number of carbonyl (C=O) groups is 2. The van der Waals surface area contributed by atoms with E-state index in [1.807, 2.05) is 42.5 Å². The number of benzene rings is 2. The molecule has 6 nitrogen and oxygen atoms in total. The van der Waals surface area contributed by atoms with Crippen molar-refractivity contribution in [2.45, 2.75) is 0 Å². The summed E-state index contributed by atoms with van der Waals surface area (Å²) in [5, 5.41) is 0. The molecule has 1 heterocycles. The maximum absolute atomic E-state index is 12.4. The van der Waals surface area contributed by atoms with Gasteiger partial charge in [0.15, 0.2) is 23.9 Å². The summed E-state index contributed by atoms with van der Waals surface area (Å²) in [4.78, 5) is 28.6. The molecule has 0 atom stereocenters. The maximum Gasteiger partial charge on any atom is 0.260 e. The van der Waals surface area contributed by atoms with Gasteiger partial charge in [-0.1, -0.05) is 42.5 Å². The van der Waals surface area contributed by atoms with Crippen molar-refractivity contribution in [2.24, 2.45) is 0 Å². The second-order valence-electron chi connectivity index (χ2n) is 6.39. The summed E-state index contributed by atoms with van der Waals surface area (Å²) in [7, 11) is 1.57. The van der Waals surface area contributed by atoms with E-state index in [0.29, 0.717) is 44.2 Å². The van der Waals surface area contributed by atoms with E-state index in [-0.39, 0.29) is 18.3 Å². The summed E-state index contributed by atoms with van der Waals surface area (Å²) in [6, 6.07) is 16.6. The van der Waals surface area contributed by atoms with E-state index >= 15 is 0 Å². The number of carbonyl (C=O) groups excluding carboxylic acids is 2. The molecule has 27 heavy (non-hydrogen) atoms. The number of hydrogen-bond donors (Lipinski definition) is 0. The summed E-state index contributed by atoms with van der Waals surface area (Å²) in [5.41, 5.74) is 0.723. The highest BCUT2D eigenvalue weighted by atomic mass is 16.5. The van der Waals surface area contributed by atoms with Gasteiger partial charge in [-0.05, 0) is 12.1 Å². The quantitative estimate of drug-likeness (QED) is 0.701. The molecule has 2 aromatic rings. The number of hydrogen-bond acceptors (Lipinski definition) is 5. The average molecular weight is 368 g/mol. The molecule has 142 valence electrons. The zero-order valence-corrected chi connectivity index (χ0v) is 15.5. The molecule has 0 bridgehead atoms. The Kier molecular flexibility index (Phi) is 6.44. The van der Waals surface area contributed by atoms with Crippen molar-refractivity contribution in [3.05, 3.63) is 60.2 Å². The fourth-order valence-electron chi connectivity index (χ4n) is 3.04. The minimum Gasteiger partial charge on any atom is -0.493 e. The number of methoxy groups -OCH3 is 1. The van der Waals surface area contributed by atoms with E-state index in [4.69, 9.17) is 9.47 Å². The molecule has 2 aromatic carbocycles. The second kappa shape index (κ2) is 9.19. The Morgan fingerprint density at radius 3 is 2.19 bits per heavy atom. The molecule has 0 unspecified atom stereocenters. The Morgan fingerprint density at radius 1 is 0.889 bits per heavy atom. The first-order valence-electron chi connectivity index (χ1n) is 9.01. The van der Waals surface area contributed by atoms with Crippen molar-refractivity contribution in [2.75, 3.05) is 46.4 Å². The lowest BCUT2D eigenvalue weighted by Gasteiger charge is -2.34. The molecule has 1 fully saturated rings. The summed E-state index contributed by atoms with van der Waals surface area (Å²) >= 11 is 0. The number of para-hydroxylation sites is 2. The summed E-state index contributed by atoms with van der Waals surface area (Å²) in [6.45, 7) is 2.90. The Labute approximate surface area is 159 Å². The predicted molar refractivity (Wildman–Crippen MR) is 102 cm³/mol. The number of rotatable bonds is 7. The van der Waals surface area contributed by atoms with Crippen LogP contribution in [-0.2, 0) is 4.79 Å². The van der Waals surface area contributed by atoms with Crippen molar-refractivity contribution in [1.29, 1.82) is 0 Å². The van der Waals surface area contributed by atoms with E-state index < -0.39 is 0 Å². The van der Waals surface area contributed by atoms with Crippen molar-refractivity contribution in [3.63, 3.8) is 0 Å². The normalized spacial score (nSPS) is 14.6. The van der Waals surface area contributed by atoms with Crippen LogP contribution in [0.15, 0.2) is 54.6 Å². The van der Waals surface area contributed by atoms with Crippen LogP contribution >= 0.6 is 0 Å². The van der Waals surface area contributed by atoms with Crippen LogP contribution in [0.5, 0.6) is 11.5 Å². The van der Waals surface area contributed by atoms with Crippen LogP contribution in [0.1, 0.15) is 10.4 Å². The minimum atomic E-state index is -0.0602. The first-order valence-corrected chi connectivity index (χ1v) is 9.01. The van der Waals surface area contributed by atoms with E-state index in [1.54, 1.807) is 24.1 Å². The molecule has 0 aromatic heterocycles. The Hall–Kier alpha value is -2.86. The molecule has 0 saturated carbocycles. The fourth-order valence-corrected chi connectivity index (χ4v) is 3.04. The number of nitrogens with zero attached hydrogens (tertiary/aromatic N) is 2. The highest BCUT2D eigenvalue weighted by Crippen LogP contribution is 2.25. The van der Waals surface area contributed by atoms with Crippen molar-refractivity contribution in [3.8, 4) is 11.5 Å². The second-order valence-corrected chi connectivity index (χ2v) is 6.39. The van der Waals surface area contributed by atoms with Gasteiger partial charge in [-0.2, -0.15) is 0 Å². The highest BCUT2D eigenvalue weighted by Gasteiger charge is 2.23. The number of ether oxygens (including phenoxy) is 2. The van der Waals surface area contributed by atoms with Gasteiger partial charge >= 0.3 is 0 Å². The molecule has 0 spiro atoms. The van der Waals surface area contributed by atoms with Crippen molar-refractivity contribution in [1.82, 2.24) is 9.80 Å². The van der Waals surface area contributed by atoms with Gasteiger partial charge in [0, 0.05) is 31.7 Å². The molecule has 0 N–H and O–H groups in total. The van der Waals surface area contributed by atoms with Gasteiger partial charge in [0.25, 0.3) is 5.91 Å². The molecule has 0 radical (unpaired) electrons.